The van der Waals surface area contributed by atoms with Crippen LogP contribution in [0.15, 0.2) is 24.3 Å². The van der Waals surface area contributed by atoms with E-state index in [1.54, 1.807) is 9.80 Å². The van der Waals surface area contributed by atoms with E-state index >= 15 is 0 Å². The minimum atomic E-state index is -0.755. The van der Waals surface area contributed by atoms with E-state index in [0.29, 0.717) is 31.5 Å². The molecule has 10 nitrogen and oxygen atoms in total. The van der Waals surface area contributed by atoms with Crippen LogP contribution < -0.4 is 10.6 Å². The van der Waals surface area contributed by atoms with E-state index in [2.05, 4.69) is 31.4 Å². The molecule has 4 aliphatic heterocycles. The second kappa shape index (κ2) is 12.7. The van der Waals surface area contributed by atoms with Crippen LogP contribution in [0.1, 0.15) is 103 Å². The van der Waals surface area contributed by atoms with Crippen molar-refractivity contribution in [1.29, 1.82) is 0 Å². The van der Waals surface area contributed by atoms with Crippen LogP contribution in [0.5, 0.6) is 0 Å². The van der Waals surface area contributed by atoms with E-state index in [4.69, 9.17) is 14.0 Å². The molecule has 8 rings (SSSR count). The summed E-state index contributed by atoms with van der Waals surface area (Å²) in [6.07, 6.45) is 9.72. The Morgan fingerprint density at radius 3 is 2.37 bits per heavy atom. The van der Waals surface area contributed by atoms with Gasteiger partial charge < -0.3 is 29.6 Å². The standard InChI is InChI=1S/C35H51BN4O6/c1-34(2)25-17-28(34)35(3)29(18-25)45-36(46-35)30-15-9-7-5-4-6-8-12-16-37-32(42)40-22-26(19-27(40)31(41)38-30)44-33(43)39-20-23-13-10-11-14-24(23)21-39/h10-11,13-14,25-30H,4-9,12,15-22H2,1-3H3,(H,37,42)(H,38,41)/t25-,26-,27?,28-,29?,30+,35-/m1/s1. The third-order valence-corrected chi connectivity index (χ3v) is 12.3. The van der Waals surface area contributed by atoms with Gasteiger partial charge in [-0.25, -0.2) is 9.59 Å². The first-order valence-electron chi connectivity index (χ1n) is 17.8. The highest BCUT2D eigenvalue weighted by atomic mass is 16.7. The highest BCUT2D eigenvalue weighted by molar-refractivity contribution is 6.47. The molecule has 11 heteroatoms. The molecule has 3 saturated heterocycles. The van der Waals surface area contributed by atoms with Crippen LogP contribution in [-0.4, -0.2) is 77.8 Å². The number of carbonyl (C=O) groups is 3. The molecular formula is C35H51BN4O6. The van der Waals surface area contributed by atoms with Gasteiger partial charge in [0, 0.05) is 26.1 Å². The summed E-state index contributed by atoms with van der Waals surface area (Å²) in [6, 6.07) is 6.96. The van der Waals surface area contributed by atoms with E-state index in [9.17, 15) is 14.4 Å². The highest BCUT2D eigenvalue weighted by Crippen LogP contribution is 2.65. The Morgan fingerprint density at radius 2 is 1.65 bits per heavy atom. The first kappa shape index (κ1) is 31.8. The Kier molecular flexibility index (Phi) is 8.76. The van der Waals surface area contributed by atoms with Crippen molar-refractivity contribution in [1.82, 2.24) is 20.4 Å². The lowest BCUT2D eigenvalue weighted by Gasteiger charge is -2.64. The minimum absolute atomic E-state index is 0.0285. The maximum Gasteiger partial charge on any atom is 0.481 e. The maximum absolute atomic E-state index is 14.1. The lowest BCUT2D eigenvalue weighted by atomic mass is 9.43. The van der Waals surface area contributed by atoms with Gasteiger partial charge in [-0.1, -0.05) is 76.6 Å². The number of amides is 4. The maximum atomic E-state index is 14.1. The van der Waals surface area contributed by atoms with Gasteiger partial charge in [0.25, 0.3) is 0 Å². The van der Waals surface area contributed by atoms with E-state index in [-0.39, 0.29) is 48.0 Å². The summed E-state index contributed by atoms with van der Waals surface area (Å²) in [5.41, 5.74) is 2.10. The highest BCUT2D eigenvalue weighted by Gasteiger charge is 2.68. The summed E-state index contributed by atoms with van der Waals surface area (Å²) in [5.74, 6) is 0.516. The SMILES string of the molecule is CC1(C)[C@H]2CC3OB([C@@H]4CCCCCCCCCNC(=O)N5C[C@H](OC(=O)N6Cc7ccccc7C6)CC5C(=O)N4)O[C@]3(C)[C@@H]1C2. The third-order valence-electron chi connectivity index (χ3n) is 12.3. The van der Waals surface area contributed by atoms with Gasteiger partial charge in [0.2, 0.25) is 5.91 Å². The minimum Gasteiger partial charge on any atom is -0.444 e. The van der Waals surface area contributed by atoms with Gasteiger partial charge in [-0.05, 0) is 61.0 Å². The molecule has 1 aromatic rings. The van der Waals surface area contributed by atoms with Crippen LogP contribution in [0.25, 0.3) is 0 Å². The molecule has 2 unspecified atom stereocenters. The Labute approximate surface area is 273 Å². The number of hydrogen-bond donors (Lipinski definition) is 2. The number of benzene rings is 1. The molecule has 3 aliphatic carbocycles. The van der Waals surface area contributed by atoms with Crippen molar-refractivity contribution in [2.75, 3.05) is 13.1 Å². The van der Waals surface area contributed by atoms with E-state index < -0.39 is 25.4 Å². The average Bonchev–Trinajstić information content (AvgIpc) is 3.75. The van der Waals surface area contributed by atoms with Gasteiger partial charge in [0.15, 0.2) is 0 Å². The molecule has 2 bridgehead atoms. The molecule has 0 radical (unpaired) electrons. The lowest BCUT2D eigenvalue weighted by molar-refractivity contribution is -0.199. The van der Waals surface area contributed by atoms with Crippen molar-refractivity contribution < 1.29 is 28.4 Å². The summed E-state index contributed by atoms with van der Waals surface area (Å²) in [6.45, 7) is 8.64. The van der Waals surface area contributed by atoms with Gasteiger partial charge >= 0.3 is 19.2 Å². The molecule has 46 heavy (non-hydrogen) atoms. The van der Waals surface area contributed by atoms with Crippen LogP contribution >= 0.6 is 0 Å². The second-order valence-corrected chi connectivity index (χ2v) is 15.5. The number of ether oxygens (including phenoxy) is 1. The topological polar surface area (TPSA) is 109 Å². The summed E-state index contributed by atoms with van der Waals surface area (Å²) in [4.78, 5) is 44.0. The van der Waals surface area contributed by atoms with Crippen molar-refractivity contribution >= 4 is 25.1 Å². The molecule has 0 spiro atoms. The van der Waals surface area contributed by atoms with Crippen LogP contribution in [0.2, 0.25) is 0 Å². The largest absolute Gasteiger partial charge is 0.481 e. The van der Waals surface area contributed by atoms with Crippen molar-refractivity contribution in [3.05, 3.63) is 35.4 Å². The van der Waals surface area contributed by atoms with Gasteiger partial charge in [-0.3, -0.25) is 9.69 Å². The zero-order chi connectivity index (χ0) is 32.1. The number of urea groups is 1. The third kappa shape index (κ3) is 5.91. The number of nitrogens with one attached hydrogen (secondary N) is 2. The van der Waals surface area contributed by atoms with Gasteiger partial charge in [0.05, 0.1) is 24.2 Å². The Hall–Kier alpha value is -2.79. The number of carbonyl (C=O) groups excluding carboxylic acids is 3. The van der Waals surface area contributed by atoms with Crippen LogP contribution in [0, 0.1) is 17.3 Å². The molecule has 1 aromatic carbocycles. The summed E-state index contributed by atoms with van der Waals surface area (Å²) < 4.78 is 19.4. The second-order valence-electron chi connectivity index (χ2n) is 15.5. The molecule has 4 heterocycles. The lowest BCUT2D eigenvalue weighted by Crippen LogP contribution is -2.65. The molecule has 3 saturated carbocycles. The van der Waals surface area contributed by atoms with E-state index in [0.717, 1.165) is 62.5 Å². The van der Waals surface area contributed by atoms with Crippen molar-refractivity contribution in [2.45, 2.75) is 134 Å². The van der Waals surface area contributed by atoms with Gasteiger partial charge in [-0.2, -0.15) is 0 Å². The number of rotatable bonds is 2. The smallest absolute Gasteiger partial charge is 0.444 e. The van der Waals surface area contributed by atoms with Crippen molar-refractivity contribution in [3.63, 3.8) is 0 Å². The van der Waals surface area contributed by atoms with Gasteiger partial charge in [0.1, 0.15) is 12.1 Å². The molecule has 2 N–H and O–H groups in total. The normalized spacial score (nSPS) is 36.2. The Balaban J connectivity index is 1.06. The summed E-state index contributed by atoms with van der Waals surface area (Å²) >= 11 is 0. The quantitative estimate of drug-likeness (QED) is 0.435. The molecule has 4 amide bonds. The van der Waals surface area contributed by atoms with Crippen LogP contribution in [0.4, 0.5) is 9.59 Å². The molecule has 0 aromatic heterocycles. The zero-order valence-corrected chi connectivity index (χ0v) is 27.8. The monoisotopic (exact) mass is 634 g/mol. The Morgan fingerprint density at radius 1 is 0.957 bits per heavy atom. The van der Waals surface area contributed by atoms with Gasteiger partial charge in [-0.15, -0.1) is 0 Å². The molecule has 7 aliphatic rings. The van der Waals surface area contributed by atoms with Crippen molar-refractivity contribution in [2.24, 2.45) is 17.3 Å². The van der Waals surface area contributed by atoms with Crippen LogP contribution in [0.3, 0.4) is 0 Å². The predicted molar refractivity (Wildman–Crippen MR) is 173 cm³/mol. The molecule has 7 atom stereocenters. The van der Waals surface area contributed by atoms with Crippen molar-refractivity contribution in [3.8, 4) is 0 Å². The number of fused-ring (bicyclic) bond motifs is 2. The molecule has 6 fully saturated rings. The molecule has 250 valence electrons. The van der Waals surface area contributed by atoms with Crippen LogP contribution in [-0.2, 0) is 31.9 Å². The zero-order valence-electron chi connectivity index (χ0n) is 27.8. The average molecular weight is 635 g/mol. The number of hydrogen-bond acceptors (Lipinski definition) is 6. The predicted octanol–water partition coefficient (Wildman–Crippen LogP) is 5.18. The molecular weight excluding hydrogens is 583 g/mol. The van der Waals surface area contributed by atoms with E-state index in [1.165, 1.54) is 12.8 Å². The van der Waals surface area contributed by atoms with E-state index in [1.807, 2.05) is 24.3 Å². The first-order valence-corrected chi connectivity index (χ1v) is 17.8. The fourth-order valence-electron chi connectivity index (χ4n) is 9.33. The summed E-state index contributed by atoms with van der Waals surface area (Å²) in [5, 5.41) is 6.31. The summed E-state index contributed by atoms with van der Waals surface area (Å²) in [7, 11) is -0.526. The number of nitrogens with zero attached hydrogens (tertiary/aromatic N) is 2. The fraction of sp³-hybridized carbons (Fsp3) is 0.743. The fourth-order valence-corrected chi connectivity index (χ4v) is 9.33. The first-order chi connectivity index (χ1) is 22.1. The Bertz CT molecular complexity index is 1300.